The quantitative estimate of drug-likeness (QED) is 0.615. The zero-order valence-electron chi connectivity index (χ0n) is 10.8. The molecule has 0 bridgehead atoms. The first kappa shape index (κ1) is 14.2. The van der Waals surface area contributed by atoms with E-state index in [0.29, 0.717) is 0 Å². The molecular weight excluding hydrogens is 232 g/mol. The van der Waals surface area contributed by atoms with E-state index in [1.807, 2.05) is 0 Å². The van der Waals surface area contributed by atoms with Crippen molar-refractivity contribution in [2.24, 2.45) is 0 Å². The average molecular weight is 256 g/mol. The lowest BCUT2D eigenvalue weighted by atomic mass is 10.1. The largest absolute Gasteiger partial charge is 0.147 e. The maximum absolute atomic E-state index is 2.45. The van der Waals surface area contributed by atoms with Crippen molar-refractivity contribution in [1.29, 1.82) is 0 Å². The molecule has 1 saturated heterocycles. The monoisotopic (exact) mass is 256 g/mol. The Hall–Kier alpha value is 0.180. The van der Waals surface area contributed by atoms with Crippen molar-refractivity contribution in [3.8, 4) is 0 Å². The van der Waals surface area contributed by atoms with Gasteiger partial charge in [0, 0.05) is 0 Å². The highest BCUT2D eigenvalue weighted by Crippen LogP contribution is 2.33. The fraction of sp³-hybridized carbons (Fsp3) is 0.714. The molecule has 0 saturated carbocycles. The molecule has 0 aliphatic carbocycles. The van der Waals surface area contributed by atoms with Crippen LogP contribution < -0.4 is 0 Å². The number of allylic oxidation sites excluding steroid dienone is 4. The van der Waals surface area contributed by atoms with Crippen LogP contribution in [0, 0.1) is 0 Å². The van der Waals surface area contributed by atoms with E-state index < -0.39 is 0 Å². The van der Waals surface area contributed by atoms with Crippen LogP contribution in [0.15, 0.2) is 23.3 Å². The number of rotatable bonds is 5. The molecule has 1 rings (SSSR count). The van der Waals surface area contributed by atoms with Crippen LogP contribution in [0.2, 0.25) is 0 Å². The first-order valence-corrected chi connectivity index (χ1v) is 8.30. The summed E-state index contributed by atoms with van der Waals surface area (Å²) in [5.41, 5.74) is 3.00. The standard InChI is InChI=1S/C14H24S2/c1-12(2)6-4-7-13(3)8-9-14-15-10-5-11-16-14/h6,8,14H,4-5,7,9-11H2,1-3H3/b13-8-. The highest BCUT2D eigenvalue weighted by molar-refractivity contribution is 8.17. The fourth-order valence-corrected chi connectivity index (χ4v) is 4.42. The van der Waals surface area contributed by atoms with Gasteiger partial charge in [0.05, 0.1) is 4.58 Å². The van der Waals surface area contributed by atoms with Gasteiger partial charge in [-0.25, -0.2) is 0 Å². The van der Waals surface area contributed by atoms with Crippen molar-refractivity contribution in [2.45, 2.75) is 51.0 Å². The van der Waals surface area contributed by atoms with Gasteiger partial charge in [-0.1, -0.05) is 23.3 Å². The van der Waals surface area contributed by atoms with E-state index in [1.54, 1.807) is 5.57 Å². The Balaban J connectivity index is 2.19. The van der Waals surface area contributed by atoms with Gasteiger partial charge in [0.2, 0.25) is 0 Å². The molecule has 0 amide bonds. The summed E-state index contributed by atoms with van der Waals surface area (Å²) in [6.45, 7) is 6.62. The van der Waals surface area contributed by atoms with Gasteiger partial charge in [0.1, 0.15) is 0 Å². The van der Waals surface area contributed by atoms with Crippen LogP contribution in [0.5, 0.6) is 0 Å². The molecule has 92 valence electrons. The Labute approximate surface area is 109 Å². The Morgan fingerprint density at radius 2 is 1.81 bits per heavy atom. The summed E-state index contributed by atoms with van der Waals surface area (Å²) in [6, 6.07) is 0. The van der Waals surface area contributed by atoms with Gasteiger partial charge in [-0.05, 0) is 58.0 Å². The van der Waals surface area contributed by atoms with Crippen LogP contribution in [0.4, 0.5) is 0 Å². The molecular formula is C14H24S2. The summed E-state index contributed by atoms with van der Waals surface area (Å²) in [5.74, 6) is 2.73. The second-order valence-electron chi connectivity index (χ2n) is 4.63. The van der Waals surface area contributed by atoms with Crippen molar-refractivity contribution in [3.05, 3.63) is 23.3 Å². The SMILES string of the molecule is CC(C)=CCC/C(C)=C\CC1SCCCS1. The Kier molecular flexibility index (Phi) is 7.39. The topological polar surface area (TPSA) is 0 Å². The third-order valence-electron chi connectivity index (χ3n) is 2.65. The van der Waals surface area contributed by atoms with Crippen molar-refractivity contribution in [1.82, 2.24) is 0 Å². The maximum atomic E-state index is 2.45. The Bertz CT molecular complexity index is 243. The number of hydrogen-bond acceptors (Lipinski definition) is 2. The summed E-state index contributed by atoms with van der Waals surface area (Å²) in [7, 11) is 0. The number of hydrogen-bond donors (Lipinski definition) is 0. The van der Waals surface area contributed by atoms with E-state index >= 15 is 0 Å². The Morgan fingerprint density at radius 1 is 1.12 bits per heavy atom. The van der Waals surface area contributed by atoms with E-state index in [1.165, 1.54) is 42.8 Å². The van der Waals surface area contributed by atoms with Gasteiger partial charge in [0.25, 0.3) is 0 Å². The lowest BCUT2D eigenvalue weighted by Crippen LogP contribution is -2.05. The summed E-state index contributed by atoms with van der Waals surface area (Å²) >= 11 is 4.28. The van der Waals surface area contributed by atoms with Crippen LogP contribution in [0.25, 0.3) is 0 Å². The van der Waals surface area contributed by atoms with Crippen molar-refractivity contribution < 1.29 is 0 Å². The van der Waals surface area contributed by atoms with Crippen LogP contribution in [0.1, 0.15) is 46.5 Å². The van der Waals surface area contributed by atoms with Crippen molar-refractivity contribution in [2.75, 3.05) is 11.5 Å². The van der Waals surface area contributed by atoms with Gasteiger partial charge in [0.15, 0.2) is 0 Å². The fourth-order valence-electron chi connectivity index (χ4n) is 1.66. The van der Waals surface area contributed by atoms with Gasteiger partial charge in [-0.3, -0.25) is 0 Å². The maximum Gasteiger partial charge on any atom is 0.0536 e. The summed E-state index contributed by atoms with van der Waals surface area (Å²) in [4.78, 5) is 0. The van der Waals surface area contributed by atoms with Gasteiger partial charge in [-0.2, -0.15) is 0 Å². The third-order valence-corrected chi connectivity index (χ3v) is 5.64. The molecule has 0 nitrogen and oxygen atoms in total. The summed E-state index contributed by atoms with van der Waals surface area (Å²) in [6.07, 6.45) is 9.88. The first-order chi connectivity index (χ1) is 7.68. The Morgan fingerprint density at radius 3 is 2.44 bits per heavy atom. The molecule has 0 atom stereocenters. The third kappa shape index (κ3) is 6.70. The molecule has 0 aromatic rings. The molecule has 0 N–H and O–H groups in total. The predicted octanol–water partition coefficient (Wildman–Crippen LogP) is 5.27. The van der Waals surface area contributed by atoms with Crippen molar-refractivity contribution >= 4 is 23.5 Å². The minimum atomic E-state index is 0.826. The highest BCUT2D eigenvalue weighted by Gasteiger charge is 2.12. The zero-order chi connectivity index (χ0) is 11.8. The molecule has 0 radical (unpaired) electrons. The molecule has 0 aromatic heterocycles. The molecule has 16 heavy (non-hydrogen) atoms. The molecule has 1 aliphatic heterocycles. The minimum Gasteiger partial charge on any atom is -0.147 e. The van der Waals surface area contributed by atoms with Crippen LogP contribution >= 0.6 is 23.5 Å². The lowest BCUT2D eigenvalue weighted by Gasteiger charge is -2.19. The van der Waals surface area contributed by atoms with Gasteiger partial charge >= 0.3 is 0 Å². The van der Waals surface area contributed by atoms with E-state index in [-0.39, 0.29) is 0 Å². The van der Waals surface area contributed by atoms with Gasteiger partial charge in [-0.15, -0.1) is 23.5 Å². The second kappa shape index (κ2) is 8.30. The predicted molar refractivity (Wildman–Crippen MR) is 80.4 cm³/mol. The lowest BCUT2D eigenvalue weighted by molar-refractivity contribution is 0.948. The van der Waals surface area contributed by atoms with E-state index in [0.717, 1.165) is 4.58 Å². The van der Waals surface area contributed by atoms with E-state index in [2.05, 4.69) is 56.4 Å². The first-order valence-electron chi connectivity index (χ1n) is 6.20. The van der Waals surface area contributed by atoms with Crippen LogP contribution in [-0.4, -0.2) is 16.1 Å². The van der Waals surface area contributed by atoms with Crippen LogP contribution in [0.3, 0.4) is 0 Å². The van der Waals surface area contributed by atoms with E-state index in [4.69, 9.17) is 0 Å². The minimum absolute atomic E-state index is 0.826. The van der Waals surface area contributed by atoms with Gasteiger partial charge < -0.3 is 0 Å². The van der Waals surface area contributed by atoms with E-state index in [9.17, 15) is 0 Å². The average Bonchev–Trinajstić information content (AvgIpc) is 2.27. The van der Waals surface area contributed by atoms with Crippen molar-refractivity contribution in [3.63, 3.8) is 0 Å². The molecule has 0 aromatic carbocycles. The molecule has 1 heterocycles. The molecule has 0 spiro atoms. The molecule has 1 fully saturated rings. The molecule has 0 unspecified atom stereocenters. The molecule has 2 heteroatoms. The smallest absolute Gasteiger partial charge is 0.0536 e. The molecule has 1 aliphatic rings. The number of thioether (sulfide) groups is 2. The normalized spacial score (nSPS) is 18.6. The highest BCUT2D eigenvalue weighted by atomic mass is 32.2. The zero-order valence-corrected chi connectivity index (χ0v) is 12.4. The van der Waals surface area contributed by atoms with Crippen LogP contribution in [-0.2, 0) is 0 Å². The summed E-state index contributed by atoms with van der Waals surface area (Å²) in [5, 5.41) is 0. The summed E-state index contributed by atoms with van der Waals surface area (Å²) < 4.78 is 0.826. The second-order valence-corrected chi connectivity index (χ2v) is 7.55.